The van der Waals surface area contributed by atoms with Gasteiger partial charge >= 0.3 is 0 Å². The van der Waals surface area contributed by atoms with E-state index in [2.05, 4.69) is 22.0 Å². The zero-order valence-electron chi connectivity index (χ0n) is 8.00. The Hall–Kier alpha value is -0.540. The number of fused-ring (bicyclic) bond motifs is 1. The molecule has 76 valence electrons. The summed E-state index contributed by atoms with van der Waals surface area (Å²) >= 11 is 3.48. The average Bonchev–Trinajstić information content (AvgIpc) is 2.57. The van der Waals surface area contributed by atoms with E-state index in [9.17, 15) is 0 Å². The Kier molecular flexibility index (Phi) is 3.08. The van der Waals surface area contributed by atoms with Crippen molar-refractivity contribution in [2.24, 2.45) is 5.73 Å². The topological polar surface area (TPSA) is 35.2 Å². The lowest BCUT2D eigenvalue weighted by Gasteiger charge is -2.07. The van der Waals surface area contributed by atoms with Crippen LogP contribution in [0.1, 0.15) is 24.3 Å². The standard InChI is InChI=1S/C11H14BrNO/c12-9-3-4-11-10(6-9)8(7-14-11)2-1-5-13/h3-4,6,8H,1-2,5,7,13H2. The van der Waals surface area contributed by atoms with Gasteiger partial charge in [-0.1, -0.05) is 15.9 Å². The minimum absolute atomic E-state index is 0.533. The molecule has 2 rings (SSSR count). The summed E-state index contributed by atoms with van der Waals surface area (Å²) in [6.07, 6.45) is 2.19. The number of nitrogens with two attached hydrogens (primary N) is 1. The third kappa shape index (κ3) is 1.93. The van der Waals surface area contributed by atoms with Crippen LogP contribution < -0.4 is 10.5 Å². The van der Waals surface area contributed by atoms with Gasteiger partial charge in [0.25, 0.3) is 0 Å². The molecule has 1 atom stereocenters. The summed E-state index contributed by atoms with van der Waals surface area (Å²) in [7, 11) is 0. The second-order valence-corrected chi connectivity index (χ2v) is 4.54. The highest BCUT2D eigenvalue weighted by Crippen LogP contribution is 2.37. The van der Waals surface area contributed by atoms with Crippen LogP contribution in [-0.4, -0.2) is 13.2 Å². The summed E-state index contributed by atoms with van der Waals surface area (Å²) in [6.45, 7) is 1.58. The summed E-state index contributed by atoms with van der Waals surface area (Å²) in [5.41, 5.74) is 6.83. The zero-order valence-corrected chi connectivity index (χ0v) is 9.59. The minimum atomic E-state index is 0.533. The van der Waals surface area contributed by atoms with Gasteiger partial charge in [0, 0.05) is 16.0 Å². The number of hydrogen-bond acceptors (Lipinski definition) is 2. The fourth-order valence-electron chi connectivity index (χ4n) is 1.85. The van der Waals surface area contributed by atoms with Crippen molar-refractivity contribution in [3.63, 3.8) is 0 Å². The van der Waals surface area contributed by atoms with Crippen LogP contribution in [0.3, 0.4) is 0 Å². The normalized spacial score (nSPS) is 19.1. The van der Waals surface area contributed by atoms with Crippen molar-refractivity contribution >= 4 is 15.9 Å². The summed E-state index contributed by atoms with van der Waals surface area (Å²) in [6, 6.07) is 6.20. The van der Waals surface area contributed by atoms with Crippen molar-refractivity contribution < 1.29 is 4.74 Å². The van der Waals surface area contributed by atoms with E-state index in [1.807, 2.05) is 12.1 Å². The van der Waals surface area contributed by atoms with E-state index in [4.69, 9.17) is 10.5 Å². The molecule has 0 saturated heterocycles. The molecule has 0 fully saturated rings. The van der Waals surface area contributed by atoms with Crippen LogP contribution in [-0.2, 0) is 0 Å². The molecule has 14 heavy (non-hydrogen) atoms. The molecule has 0 radical (unpaired) electrons. The van der Waals surface area contributed by atoms with E-state index in [1.165, 1.54) is 5.56 Å². The van der Waals surface area contributed by atoms with Crippen LogP contribution in [0, 0.1) is 0 Å². The van der Waals surface area contributed by atoms with Gasteiger partial charge in [-0.25, -0.2) is 0 Å². The van der Waals surface area contributed by atoms with Gasteiger partial charge in [0.05, 0.1) is 6.61 Å². The first kappa shape index (κ1) is 9.99. The molecule has 0 saturated carbocycles. The highest BCUT2D eigenvalue weighted by Gasteiger charge is 2.23. The SMILES string of the molecule is NCCCC1COc2ccc(Br)cc21. The Labute approximate surface area is 92.6 Å². The second-order valence-electron chi connectivity index (χ2n) is 3.62. The molecule has 1 aromatic carbocycles. The van der Waals surface area contributed by atoms with Gasteiger partial charge in [-0.3, -0.25) is 0 Å². The van der Waals surface area contributed by atoms with Crippen LogP contribution >= 0.6 is 15.9 Å². The fraction of sp³-hybridized carbons (Fsp3) is 0.455. The molecule has 1 aliphatic heterocycles. The molecular weight excluding hydrogens is 242 g/mol. The van der Waals surface area contributed by atoms with Gasteiger partial charge < -0.3 is 10.5 Å². The minimum Gasteiger partial charge on any atom is -0.493 e. The molecule has 1 heterocycles. The van der Waals surface area contributed by atoms with E-state index >= 15 is 0 Å². The van der Waals surface area contributed by atoms with Crippen LogP contribution in [0.15, 0.2) is 22.7 Å². The molecule has 2 nitrogen and oxygen atoms in total. The van der Waals surface area contributed by atoms with E-state index in [-0.39, 0.29) is 0 Å². The number of rotatable bonds is 3. The third-order valence-corrected chi connectivity index (χ3v) is 3.10. The lowest BCUT2D eigenvalue weighted by molar-refractivity contribution is 0.324. The number of ether oxygens (including phenoxy) is 1. The quantitative estimate of drug-likeness (QED) is 0.902. The predicted molar refractivity (Wildman–Crippen MR) is 60.7 cm³/mol. The lowest BCUT2D eigenvalue weighted by atomic mass is 9.96. The first-order valence-electron chi connectivity index (χ1n) is 4.93. The van der Waals surface area contributed by atoms with Crippen molar-refractivity contribution in [1.29, 1.82) is 0 Å². The first-order chi connectivity index (χ1) is 6.81. The molecule has 1 unspecified atom stereocenters. The number of hydrogen-bond donors (Lipinski definition) is 1. The number of benzene rings is 1. The molecule has 3 heteroatoms. The van der Waals surface area contributed by atoms with E-state index < -0.39 is 0 Å². The second kappa shape index (κ2) is 4.32. The maximum atomic E-state index is 5.60. The fourth-order valence-corrected chi connectivity index (χ4v) is 2.23. The van der Waals surface area contributed by atoms with E-state index in [0.29, 0.717) is 5.92 Å². The van der Waals surface area contributed by atoms with Crippen molar-refractivity contribution in [2.45, 2.75) is 18.8 Å². The largest absolute Gasteiger partial charge is 0.493 e. The van der Waals surface area contributed by atoms with Crippen LogP contribution in [0.5, 0.6) is 5.75 Å². The summed E-state index contributed by atoms with van der Waals surface area (Å²) in [5, 5.41) is 0. The van der Waals surface area contributed by atoms with Crippen molar-refractivity contribution in [2.75, 3.05) is 13.2 Å². The first-order valence-corrected chi connectivity index (χ1v) is 5.73. The van der Waals surface area contributed by atoms with Gasteiger partial charge in [0.2, 0.25) is 0 Å². The number of halogens is 1. The Morgan fingerprint density at radius 1 is 1.50 bits per heavy atom. The van der Waals surface area contributed by atoms with Crippen LogP contribution in [0.25, 0.3) is 0 Å². The van der Waals surface area contributed by atoms with E-state index in [0.717, 1.165) is 36.2 Å². The summed E-state index contributed by atoms with van der Waals surface area (Å²) < 4.78 is 6.73. The molecule has 0 amide bonds. The maximum Gasteiger partial charge on any atom is 0.122 e. The Bertz CT molecular complexity index is 327. The van der Waals surface area contributed by atoms with Crippen molar-refractivity contribution in [3.8, 4) is 5.75 Å². The summed E-state index contributed by atoms with van der Waals surface area (Å²) in [5.74, 6) is 1.57. The van der Waals surface area contributed by atoms with Crippen molar-refractivity contribution in [1.82, 2.24) is 0 Å². The van der Waals surface area contributed by atoms with Gasteiger partial charge in [-0.2, -0.15) is 0 Å². The van der Waals surface area contributed by atoms with Crippen molar-refractivity contribution in [3.05, 3.63) is 28.2 Å². The summed E-state index contributed by atoms with van der Waals surface area (Å²) in [4.78, 5) is 0. The molecule has 0 aromatic heterocycles. The third-order valence-electron chi connectivity index (χ3n) is 2.61. The zero-order chi connectivity index (χ0) is 9.97. The highest BCUT2D eigenvalue weighted by molar-refractivity contribution is 9.10. The molecule has 0 spiro atoms. The molecule has 0 bridgehead atoms. The highest BCUT2D eigenvalue weighted by atomic mass is 79.9. The van der Waals surface area contributed by atoms with Gasteiger partial charge in [0.15, 0.2) is 0 Å². The molecular formula is C11H14BrNO. The molecule has 1 aliphatic rings. The molecule has 0 aliphatic carbocycles. The average molecular weight is 256 g/mol. The van der Waals surface area contributed by atoms with Gasteiger partial charge in [-0.15, -0.1) is 0 Å². The smallest absolute Gasteiger partial charge is 0.122 e. The Balaban J connectivity index is 2.16. The van der Waals surface area contributed by atoms with Crippen LogP contribution in [0.4, 0.5) is 0 Å². The lowest BCUT2D eigenvalue weighted by Crippen LogP contribution is -2.05. The Morgan fingerprint density at radius 3 is 3.14 bits per heavy atom. The predicted octanol–water partition coefficient (Wildman–Crippen LogP) is 2.66. The van der Waals surface area contributed by atoms with Crippen LogP contribution in [0.2, 0.25) is 0 Å². The molecule has 2 N–H and O–H groups in total. The van der Waals surface area contributed by atoms with E-state index in [1.54, 1.807) is 0 Å². The maximum absolute atomic E-state index is 5.60. The van der Waals surface area contributed by atoms with Gasteiger partial charge in [-0.05, 0) is 37.6 Å². The monoisotopic (exact) mass is 255 g/mol. The van der Waals surface area contributed by atoms with Gasteiger partial charge in [0.1, 0.15) is 5.75 Å². The Morgan fingerprint density at radius 2 is 2.36 bits per heavy atom. The molecule has 1 aromatic rings.